The minimum absolute atomic E-state index is 0.253. The van der Waals surface area contributed by atoms with Gasteiger partial charge in [0.2, 0.25) is 0 Å². The van der Waals surface area contributed by atoms with E-state index in [1.807, 2.05) is 6.07 Å². The molecule has 0 radical (unpaired) electrons. The number of carbonyl (C=O) groups is 1. The second kappa shape index (κ2) is 3.90. The summed E-state index contributed by atoms with van der Waals surface area (Å²) in [6.07, 6.45) is 0.481. The van der Waals surface area contributed by atoms with Gasteiger partial charge < -0.3 is 15.2 Å². The Balaban J connectivity index is 2.26. The summed E-state index contributed by atoms with van der Waals surface area (Å²) in [6, 6.07) is 5.03. The zero-order chi connectivity index (χ0) is 10.8. The second-order valence-electron chi connectivity index (χ2n) is 3.58. The number of ether oxygens (including phenoxy) is 1. The summed E-state index contributed by atoms with van der Waals surface area (Å²) in [7, 11) is 1.37. The van der Waals surface area contributed by atoms with Gasteiger partial charge in [-0.1, -0.05) is 12.1 Å². The summed E-state index contributed by atoms with van der Waals surface area (Å²) in [5, 5.41) is 12.7. The van der Waals surface area contributed by atoms with Crippen LogP contribution in [0, 0.1) is 0 Å². The molecular weight excluding hydrogens is 194 g/mol. The van der Waals surface area contributed by atoms with E-state index in [0.29, 0.717) is 13.0 Å². The lowest BCUT2D eigenvalue weighted by atomic mass is 9.95. The fraction of sp³-hybridized carbons (Fsp3) is 0.364. The van der Waals surface area contributed by atoms with Gasteiger partial charge in [-0.15, -0.1) is 0 Å². The molecule has 2 N–H and O–H groups in total. The minimum Gasteiger partial charge on any atom is -0.508 e. The maximum absolute atomic E-state index is 11.3. The van der Waals surface area contributed by atoms with Gasteiger partial charge in [0.15, 0.2) is 0 Å². The molecule has 0 aromatic heterocycles. The third kappa shape index (κ3) is 1.80. The Labute approximate surface area is 87.9 Å². The normalized spacial score (nSPS) is 19.4. The third-order valence-electron chi connectivity index (χ3n) is 2.68. The number of phenols is 1. The van der Waals surface area contributed by atoms with Crippen LogP contribution in [-0.4, -0.2) is 24.2 Å². The molecule has 0 aliphatic carbocycles. The Hall–Kier alpha value is -1.55. The summed E-state index contributed by atoms with van der Waals surface area (Å²) in [4.78, 5) is 11.3. The molecule has 1 aromatic carbocycles. The van der Waals surface area contributed by atoms with Crippen LogP contribution in [0.25, 0.3) is 0 Å². The van der Waals surface area contributed by atoms with Crippen LogP contribution < -0.4 is 5.32 Å². The molecule has 1 heterocycles. The van der Waals surface area contributed by atoms with E-state index >= 15 is 0 Å². The topological polar surface area (TPSA) is 58.6 Å². The number of nitrogens with one attached hydrogen (secondary N) is 1. The standard InChI is InChI=1S/C11H13NO3/c1-15-11(14)9-5-8-7(6-12-9)3-2-4-10(8)13/h2-4,9,12-13H,5-6H2,1H3. The highest BCUT2D eigenvalue weighted by Gasteiger charge is 2.26. The van der Waals surface area contributed by atoms with Crippen LogP contribution in [-0.2, 0) is 22.5 Å². The van der Waals surface area contributed by atoms with Gasteiger partial charge in [0, 0.05) is 18.5 Å². The van der Waals surface area contributed by atoms with Gasteiger partial charge >= 0.3 is 5.97 Å². The number of methoxy groups -OCH3 is 1. The first-order valence-electron chi connectivity index (χ1n) is 4.83. The molecule has 2 rings (SSSR count). The summed E-state index contributed by atoms with van der Waals surface area (Å²) >= 11 is 0. The number of phenolic OH excluding ortho intramolecular Hbond substituents is 1. The van der Waals surface area contributed by atoms with Crippen LogP contribution in [0.4, 0.5) is 0 Å². The van der Waals surface area contributed by atoms with E-state index in [2.05, 4.69) is 10.1 Å². The molecule has 0 fully saturated rings. The minimum atomic E-state index is -0.351. The molecule has 1 unspecified atom stereocenters. The molecule has 4 heteroatoms. The van der Waals surface area contributed by atoms with Crippen molar-refractivity contribution in [3.05, 3.63) is 29.3 Å². The molecule has 80 valence electrons. The Kier molecular flexibility index (Phi) is 2.60. The van der Waals surface area contributed by atoms with Crippen molar-refractivity contribution in [1.29, 1.82) is 0 Å². The zero-order valence-corrected chi connectivity index (χ0v) is 8.49. The van der Waals surface area contributed by atoms with Crippen molar-refractivity contribution in [2.45, 2.75) is 19.0 Å². The average Bonchev–Trinajstić information content (AvgIpc) is 2.28. The maximum Gasteiger partial charge on any atom is 0.323 e. The molecule has 0 amide bonds. The summed E-state index contributed by atoms with van der Waals surface area (Å²) in [5.41, 5.74) is 1.88. The predicted molar refractivity (Wildman–Crippen MR) is 54.5 cm³/mol. The number of benzene rings is 1. The van der Waals surface area contributed by atoms with E-state index in [1.54, 1.807) is 12.1 Å². The smallest absolute Gasteiger partial charge is 0.323 e. The van der Waals surface area contributed by atoms with E-state index in [9.17, 15) is 9.90 Å². The van der Waals surface area contributed by atoms with Crippen LogP contribution in [0.1, 0.15) is 11.1 Å². The third-order valence-corrected chi connectivity index (χ3v) is 2.68. The van der Waals surface area contributed by atoms with Crippen LogP contribution in [0.5, 0.6) is 5.75 Å². The molecule has 1 aromatic rings. The predicted octanol–water partition coefficient (Wildman–Crippen LogP) is 0.579. The van der Waals surface area contributed by atoms with Crippen LogP contribution in [0.15, 0.2) is 18.2 Å². The van der Waals surface area contributed by atoms with Gasteiger partial charge in [0.05, 0.1) is 7.11 Å². The second-order valence-corrected chi connectivity index (χ2v) is 3.58. The number of hydrogen-bond donors (Lipinski definition) is 2. The molecule has 1 aliphatic rings. The van der Waals surface area contributed by atoms with Crippen molar-refractivity contribution < 1.29 is 14.6 Å². The Morgan fingerprint density at radius 2 is 2.40 bits per heavy atom. The van der Waals surface area contributed by atoms with E-state index < -0.39 is 0 Å². The lowest BCUT2D eigenvalue weighted by Crippen LogP contribution is -2.42. The highest BCUT2D eigenvalue weighted by molar-refractivity contribution is 5.76. The average molecular weight is 207 g/mol. The Morgan fingerprint density at radius 3 is 3.13 bits per heavy atom. The highest BCUT2D eigenvalue weighted by Crippen LogP contribution is 2.25. The molecule has 15 heavy (non-hydrogen) atoms. The summed E-state index contributed by atoms with van der Waals surface area (Å²) in [6.45, 7) is 0.587. The first-order valence-corrected chi connectivity index (χ1v) is 4.83. The van der Waals surface area contributed by atoms with Gasteiger partial charge in [0.25, 0.3) is 0 Å². The maximum atomic E-state index is 11.3. The molecule has 0 bridgehead atoms. The molecule has 0 saturated heterocycles. The fourth-order valence-corrected chi connectivity index (χ4v) is 1.84. The first kappa shape index (κ1) is 9.98. The van der Waals surface area contributed by atoms with Crippen LogP contribution >= 0.6 is 0 Å². The lowest BCUT2D eigenvalue weighted by Gasteiger charge is -2.24. The molecule has 4 nitrogen and oxygen atoms in total. The van der Waals surface area contributed by atoms with Gasteiger partial charge in [0.1, 0.15) is 11.8 Å². The van der Waals surface area contributed by atoms with E-state index in [0.717, 1.165) is 11.1 Å². The molecule has 1 aliphatic heterocycles. The van der Waals surface area contributed by atoms with Crippen molar-refractivity contribution >= 4 is 5.97 Å². The van der Waals surface area contributed by atoms with Crippen molar-refractivity contribution in [1.82, 2.24) is 5.32 Å². The molecule has 0 spiro atoms. The van der Waals surface area contributed by atoms with Crippen molar-refractivity contribution in [2.75, 3.05) is 7.11 Å². The van der Waals surface area contributed by atoms with E-state index in [4.69, 9.17) is 0 Å². The summed E-state index contributed by atoms with van der Waals surface area (Å²) in [5.74, 6) is -0.0354. The van der Waals surface area contributed by atoms with Crippen molar-refractivity contribution in [3.63, 3.8) is 0 Å². The number of rotatable bonds is 1. The van der Waals surface area contributed by atoms with Crippen LogP contribution in [0.3, 0.4) is 0 Å². The number of hydrogen-bond acceptors (Lipinski definition) is 4. The SMILES string of the molecule is COC(=O)C1Cc2c(O)cccc2CN1. The van der Waals surface area contributed by atoms with E-state index in [1.165, 1.54) is 7.11 Å². The monoisotopic (exact) mass is 207 g/mol. The van der Waals surface area contributed by atoms with Crippen LogP contribution in [0.2, 0.25) is 0 Å². The number of esters is 1. The quantitative estimate of drug-likeness (QED) is 0.661. The molecular formula is C11H13NO3. The lowest BCUT2D eigenvalue weighted by molar-refractivity contribution is -0.143. The highest BCUT2D eigenvalue weighted by atomic mass is 16.5. The van der Waals surface area contributed by atoms with Crippen molar-refractivity contribution in [3.8, 4) is 5.75 Å². The zero-order valence-electron chi connectivity index (χ0n) is 8.49. The van der Waals surface area contributed by atoms with Crippen molar-refractivity contribution in [2.24, 2.45) is 0 Å². The van der Waals surface area contributed by atoms with Gasteiger partial charge in [-0.25, -0.2) is 0 Å². The Bertz CT molecular complexity index is 389. The molecule has 1 atom stereocenters. The fourth-order valence-electron chi connectivity index (χ4n) is 1.84. The number of carbonyl (C=O) groups excluding carboxylic acids is 1. The van der Waals surface area contributed by atoms with E-state index in [-0.39, 0.29) is 17.8 Å². The van der Waals surface area contributed by atoms with Gasteiger partial charge in [-0.2, -0.15) is 0 Å². The van der Waals surface area contributed by atoms with Gasteiger partial charge in [-0.05, 0) is 11.6 Å². The largest absolute Gasteiger partial charge is 0.508 e. The summed E-state index contributed by atoms with van der Waals surface area (Å²) < 4.78 is 4.66. The molecule has 0 saturated carbocycles. The van der Waals surface area contributed by atoms with Gasteiger partial charge in [-0.3, -0.25) is 4.79 Å². The number of fused-ring (bicyclic) bond motifs is 1. The first-order chi connectivity index (χ1) is 7.22. The number of aromatic hydroxyl groups is 1. The Morgan fingerprint density at radius 1 is 1.60 bits per heavy atom.